The normalized spacial score (nSPS) is 10.9. The SMILES string of the molecule is O=C(Nc1ncccn1)c1cccnc1N=Nc1c(O)c(C(=O)Nc2ccccc2)cc2ccccc12. The molecule has 180 valence electrons. The molecule has 0 unspecified atom stereocenters. The van der Waals surface area contributed by atoms with E-state index in [1.807, 2.05) is 12.1 Å². The van der Waals surface area contributed by atoms with E-state index >= 15 is 0 Å². The molecule has 3 aromatic carbocycles. The lowest BCUT2D eigenvalue weighted by molar-refractivity contribution is 0.101. The molecule has 2 heterocycles. The fourth-order valence-corrected chi connectivity index (χ4v) is 3.60. The number of anilines is 2. The first kappa shape index (κ1) is 23.2. The first-order valence-corrected chi connectivity index (χ1v) is 11.2. The lowest BCUT2D eigenvalue weighted by atomic mass is 10.0. The molecule has 0 aliphatic heterocycles. The van der Waals surface area contributed by atoms with E-state index in [-0.39, 0.29) is 34.3 Å². The molecule has 0 bridgehead atoms. The van der Waals surface area contributed by atoms with Gasteiger partial charge in [0.2, 0.25) is 5.95 Å². The van der Waals surface area contributed by atoms with E-state index in [0.29, 0.717) is 16.5 Å². The minimum atomic E-state index is -0.529. The minimum Gasteiger partial charge on any atom is -0.505 e. The number of para-hydroxylation sites is 1. The van der Waals surface area contributed by atoms with Gasteiger partial charge < -0.3 is 10.4 Å². The number of carbonyl (C=O) groups is 2. The Bertz CT molecular complexity index is 1620. The third-order valence-corrected chi connectivity index (χ3v) is 5.34. The van der Waals surface area contributed by atoms with Crippen LogP contribution in [0.25, 0.3) is 10.8 Å². The van der Waals surface area contributed by atoms with Crippen molar-refractivity contribution in [3.63, 3.8) is 0 Å². The van der Waals surface area contributed by atoms with Crippen LogP contribution in [0.5, 0.6) is 5.75 Å². The molecule has 0 aliphatic rings. The summed E-state index contributed by atoms with van der Waals surface area (Å²) in [6, 6.07) is 22.4. The molecule has 0 atom stereocenters. The Morgan fingerprint density at radius 2 is 1.41 bits per heavy atom. The molecular weight excluding hydrogens is 470 g/mol. The van der Waals surface area contributed by atoms with Crippen LogP contribution in [0, 0.1) is 0 Å². The van der Waals surface area contributed by atoms with E-state index in [9.17, 15) is 14.7 Å². The number of amides is 2. The third kappa shape index (κ3) is 5.13. The van der Waals surface area contributed by atoms with E-state index in [1.54, 1.807) is 60.7 Å². The van der Waals surface area contributed by atoms with Crippen LogP contribution in [0.1, 0.15) is 20.7 Å². The second-order valence-electron chi connectivity index (χ2n) is 7.76. The largest absolute Gasteiger partial charge is 0.505 e. The number of rotatable bonds is 6. The first-order valence-electron chi connectivity index (χ1n) is 11.2. The van der Waals surface area contributed by atoms with Crippen molar-refractivity contribution in [3.05, 3.63) is 109 Å². The lowest BCUT2D eigenvalue weighted by Gasteiger charge is -2.11. The fourth-order valence-electron chi connectivity index (χ4n) is 3.60. The number of aromatic nitrogens is 3. The quantitative estimate of drug-likeness (QED) is 0.263. The topological polar surface area (TPSA) is 142 Å². The van der Waals surface area contributed by atoms with Crippen molar-refractivity contribution in [1.82, 2.24) is 15.0 Å². The highest BCUT2D eigenvalue weighted by atomic mass is 16.3. The number of pyridine rings is 1. The van der Waals surface area contributed by atoms with Crippen LogP contribution < -0.4 is 10.6 Å². The molecule has 2 amide bonds. The number of benzene rings is 3. The third-order valence-electron chi connectivity index (χ3n) is 5.34. The number of azo groups is 1. The van der Waals surface area contributed by atoms with Crippen molar-refractivity contribution >= 4 is 45.7 Å². The Morgan fingerprint density at radius 1 is 0.703 bits per heavy atom. The van der Waals surface area contributed by atoms with Crippen molar-refractivity contribution in [1.29, 1.82) is 0 Å². The van der Waals surface area contributed by atoms with Gasteiger partial charge in [0.25, 0.3) is 11.8 Å². The summed E-state index contributed by atoms with van der Waals surface area (Å²) in [5.74, 6) is -1.25. The van der Waals surface area contributed by atoms with Gasteiger partial charge in [-0.25, -0.2) is 15.0 Å². The first-order chi connectivity index (χ1) is 18.1. The number of aromatic hydroxyl groups is 1. The minimum absolute atomic E-state index is 0.0125. The molecule has 10 nitrogen and oxygen atoms in total. The zero-order valence-corrected chi connectivity index (χ0v) is 19.2. The van der Waals surface area contributed by atoms with Gasteiger partial charge in [-0.3, -0.25) is 14.9 Å². The standard InChI is InChI=1S/C27H19N7O3/c35-23-21(26(37)31-18-9-2-1-3-10-18)16-17-8-4-5-11-19(17)22(23)33-34-24-20(12-6-13-28-24)25(36)32-27-29-14-7-15-30-27/h1-16,35H,(H,31,37)(H,29,30,32,36). The maximum Gasteiger partial charge on any atom is 0.261 e. The van der Waals surface area contributed by atoms with Crippen molar-refractivity contribution < 1.29 is 14.7 Å². The van der Waals surface area contributed by atoms with Gasteiger partial charge in [0.1, 0.15) is 5.69 Å². The smallest absolute Gasteiger partial charge is 0.261 e. The molecule has 5 rings (SSSR count). The van der Waals surface area contributed by atoms with Crippen molar-refractivity contribution in [2.45, 2.75) is 0 Å². The Kier molecular flexibility index (Phi) is 6.53. The maximum absolute atomic E-state index is 13.0. The maximum atomic E-state index is 13.0. The molecule has 5 aromatic rings. The van der Waals surface area contributed by atoms with Gasteiger partial charge in [-0.2, -0.15) is 0 Å². The molecule has 0 aliphatic carbocycles. The second kappa shape index (κ2) is 10.4. The van der Waals surface area contributed by atoms with Crippen molar-refractivity contribution in [2.24, 2.45) is 10.2 Å². The average Bonchev–Trinajstić information content (AvgIpc) is 2.93. The summed E-state index contributed by atoms with van der Waals surface area (Å²) in [6.45, 7) is 0. The zero-order chi connectivity index (χ0) is 25.6. The summed E-state index contributed by atoms with van der Waals surface area (Å²) < 4.78 is 0. The van der Waals surface area contributed by atoms with E-state index in [4.69, 9.17) is 0 Å². The fraction of sp³-hybridized carbons (Fsp3) is 0. The van der Waals surface area contributed by atoms with Crippen LogP contribution in [0.4, 0.5) is 23.1 Å². The molecular formula is C27H19N7O3. The van der Waals surface area contributed by atoms with Gasteiger partial charge in [-0.05, 0) is 41.8 Å². The summed E-state index contributed by atoms with van der Waals surface area (Å²) in [4.78, 5) is 37.9. The molecule has 0 spiro atoms. The molecule has 3 N–H and O–H groups in total. The van der Waals surface area contributed by atoms with E-state index in [0.717, 1.165) is 0 Å². The molecule has 0 radical (unpaired) electrons. The highest BCUT2D eigenvalue weighted by Gasteiger charge is 2.19. The number of hydrogen-bond acceptors (Lipinski definition) is 8. The van der Waals surface area contributed by atoms with Gasteiger partial charge in [0, 0.05) is 29.7 Å². The van der Waals surface area contributed by atoms with E-state index < -0.39 is 11.8 Å². The summed E-state index contributed by atoms with van der Waals surface area (Å²) in [5, 5.41) is 26.0. The van der Waals surface area contributed by atoms with Crippen molar-refractivity contribution in [3.8, 4) is 5.75 Å². The Morgan fingerprint density at radius 3 is 2.22 bits per heavy atom. The molecule has 0 saturated heterocycles. The van der Waals surface area contributed by atoms with Crippen LogP contribution in [0.15, 0.2) is 108 Å². The Hall–Kier alpha value is -5.51. The van der Waals surface area contributed by atoms with E-state index in [1.165, 1.54) is 24.7 Å². The van der Waals surface area contributed by atoms with Gasteiger partial charge >= 0.3 is 0 Å². The van der Waals surface area contributed by atoms with Crippen LogP contribution in [0.2, 0.25) is 0 Å². The lowest BCUT2D eigenvalue weighted by Crippen LogP contribution is -2.14. The molecule has 0 saturated carbocycles. The monoisotopic (exact) mass is 489 g/mol. The molecule has 37 heavy (non-hydrogen) atoms. The number of hydrogen-bond donors (Lipinski definition) is 3. The van der Waals surface area contributed by atoms with Gasteiger partial charge in [0.15, 0.2) is 11.6 Å². The Balaban J connectivity index is 1.52. The predicted molar refractivity (Wildman–Crippen MR) is 138 cm³/mol. The summed E-state index contributed by atoms with van der Waals surface area (Å²) in [7, 11) is 0. The predicted octanol–water partition coefficient (Wildman–Crippen LogP) is 5.65. The highest BCUT2D eigenvalue weighted by Crippen LogP contribution is 2.39. The summed E-state index contributed by atoms with van der Waals surface area (Å²) >= 11 is 0. The number of phenolic OH excluding ortho intramolecular Hbond substituents is 1. The Labute approximate surface area is 210 Å². The number of nitrogens with zero attached hydrogens (tertiary/aromatic N) is 5. The number of fused-ring (bicyclic) bond motifs is 1. The summed E-state index contributed by atoms with van der Waals surface area (Å²) in [5.41, 5.74) is 0.798. The van der Waals surface area contributed by atoms with Crippen molar-refractivity contribution in [2.75, 3.05) is 10.6 Å². The van der Waals surface area contributed by atoms with E-state index in [2.05, 4.69) is 35.8 Å². The average molecular weight is 489 g/mol. The highest BCUT2D eigenvalue weighted by molar-refractivity contribution is 6.11. The van der Waals surface area contributed by atoms with Gasteiger partial charge in [-0.15, -0.1) is 10.2 Å². The summed E-state index contributed by atoms with van der Waals surface area (Å²) in [6.07, 6.45) is 4.47. The molecule has 0 fully saturated rings. The second-order valence-corrected chi connectivity index (χ2v) is 7.76. The molecule has 10 heteroatoms. The zero-order valence-electron chi connectivity index (χ0n) is 19.2. The number of phenols is 1. The number of carbonyl (C=O) groups excluding carboxylic acids is 2. The van der Waals surface area contributed by atoms with Crippen LogP contribution >= 0.6 is 0 Å². The van der Waals surface area contributed by atoms with Gasteiger partial charge in [0.05, 0.1) is 11.1 Å². The van der Waals surface area contributed by atoms with Crippen LogP contribution in [0.3, 0.4) is 0 Å². The van der Waals surface area contributed by atoms with Gasteiger partial charge in [-0.1, -0.05) is 42.5 Å². The van der Waals surface area contributed by atoms with Crippen LogP contribution in [-0.2, 0) is 0 Å². The molecule has 2 aromatic heterocycles. The number of nitrogens with one attached hydrogen (secondary N) is 2. The van der Waals surface area contributed by atoms with Crippen LogP contribution in [-0.4, -0.2) is 31.9 Å².